The van der Waals surface area contributed by atoms with E-state index in [1.54, 1.807) is 13.2 Å². The molecule has 30 heavy (non-hydrogen) atoms. The van der Waals surface area contributed by atoms with Crippen LogP contribution in [0.2, 0.25) is 0 Å². The maximum Gasteiger partial charge on any atom is 0.251 e. The van der Waals surface area contributed by atoms with Crippen LogP contribution in [0, 0.1) is 5.92 Å². The van der Waals surface area contributed by atoms with Crippen molar-refractivity contribution in [2.24, 2.45) is 11.7 Å². The minimum atomic E-state index is -0.492. The van der Waals surface area contributed by atoms with Crippen LogP contribution >= 0.6 is 11.3 Å². The summed E-state index contributed by atoms with van der Waals surface area (Å²) in [7, 11) is 1.58. The van der Waals surface area contributed by atoms with Crippen molar-refractivity contribution in [1.82, 2.24) is 0 Å². The van der Waals surface area contributed by atoms with Crippen LogP contribution in [0.25, 0.3) is 6.08 Å². The van der Waals surface area contributed by atoms with Gasteiger partial charge in [-0.1, -0.05) is 19.9 Å². The third-order valence-electron chi connectivity index (χ3n) is 5.07. The van der Waals surface area contributed by atoms with E-state index >= 15 is 0 Å². The predicted octanol–water partition coefficient (Wildman–Crippen LogP) is 4.42. The Morgan fingerprint density at radius 1 is 1.33 bits per heavy atom. The zero-order valence-electron chi connectivity index (χ0n) is 17.6. The molecule has 1 aliphatic carbocycles. The van der Waals surface area contributed by atoms with Crippen LogP contribution in [-0.4, -0.2) is 25.5 Å². The SMILES string of the molecule is CCCOc1ccc(/C=C\C(=O)Nc2sc3c(c2C(N)=O)CC[C@@H](C)C3)cc1OC. The summed E-state index contributed by atoms with van der Waals surface area (Å²) in [4.78, 5) is 25.7. The second kappa shape index (κ2) is 9.80. The van der Waals surface area contributed by atoms with Crippen molar-refractivity contribution >= 4 is 34.2 Å². The number of nitrogens with one attached hydrogen (secondary N) is 1. The average Bonchev–Trinajstić information content (AvgIpc) is 3.07. The Labute approximate surface area is 181 Å². The minimum absolute atomic E-state index is 0.311. The number of thiophene rings is 1. The van der Waals surface area contributed by atoms with E-state index in [0.717, 1.165) is 41.7 Å². The van der Waals surface area contributed by atoms with Gasteiger partial charge in [0, 0.05) is 11.0 Å². The van der Waals surface area contributed by atoms with E-state index in [-0.39, 0.29) is 5.91 Å². The molecule has 0 aliphatic heterocycles. The summed E-state index contributed by atoms with van der Waals surface area (Å²) < 4.78 is 11.0. The zero-order valence-corrected chi connectivity index (χ0v) is 18.4. The lowest BCUT2D eigenvalue weighted by Gasteiger charge is -2.18. The molecule has 3 N–H and O–H groups in total. The monoisotopic (exact) mass is 428 g/mol. The van der Waals surface area contributed by atoms with Crippen LogP contribution in [0.15, 0.2) is 24.3 Å². The number of ether oxygens (including phenoxy) is 2. The van der Waals surface area contributed by atoms with Crippen molar-refractivity contribution in [3.63, 3.8) is 0 Å². The van der Waals surface area contributed by atoms with Crippen molar-refractivity contribution in [2.45, 2.75) is 39.5 Å². The fourth-order valence-corrected chi connectivity index (χ4v) is 4.96. The van der Waals surface area contributed by atoms with Gasteiger partial charge in [0.2, 0.25) is 5.91 Å². The normalized spacial score (nSPS) is 15.6. The topological polar surface area (TPSA) is 90.6 Å². The van der Waals surface area contributed by atoms with Gasteiger partial charge in [-0.25, -0.2) is 0 Å². The smallest absolute Gasteiger partial charge is 0.251 e. The molecular formula is C23H28N2O4S. The van der Waals surface area contributed by atoms with E-state index in [2.05, 4.69) is 12.2 Å². The van der Waals surface area contributed by atoms with Crippen molar-refractivity contribution in [3.05, 3.63) is 45.8 Å². The molecule has 1 atom stereocenters. The van der Waals surface area contributed by atoms with Crippen LogP contribution in [0.5, 0.6) is 11.5 Å². The second-order valence-corrected chi connectivity index (χ2v) is 8.61. The summed E-state index contributed by atoms with van der Waals surface area (Å²) in [6.45, 7) is 4.84. The number of hydrogen-bond donors (Lipinski definition) is 2. The number of rotatable bonds is 8. The number of amides is 2. The Balaban J connectivity index is 1.74. The molecular weight excluding hydrogens is 400 g/mol. The van der Waals surface area contributed by atoms with Crippen molar-refractivity contribution < 1.29 is 19.1 Å². The molecule has 0 unspecified atom stereocenters. The Morgan fingerprint density at radius 3 is 2.83 bits per heavy atom. The van der Waals surface area contributed by atoms with Gasteiger partial charge in [-0.2, -0.15) is 0 Å². The predicted molar refractivity (Wildman–Crippen MR) is 120 cm³/mol. The molecule has 0 bridgehead atoms. The number of primary amides is 1. The summed E-state index contributed by atoms with van der Waals surface area (Å²) in [5.41, 5.74) is 7.88. The van der Waals surface area contributed by atoms with Crippen LogP contribution < -0.4 is 20.5 Å². The summed E-state index contributed by atoms with van der Waals surface area (Å²) in [6.07, 6.45) is 6.80. The number of carbonyl (C=O) groups excluding carboxylic acids is 2. The molecule has 7 heteroatoms. The number of nitrogens with two attached hydrogens (primary N) is 1. The molecule has 2 amide bonds. The lowest BCUT2D eigenvalue weighted by molar-refractivity contribution is -0.111. The second-order valence-electron chi connectivity index (χ2n) is 7.50. The highest BCUT2D eigenvalue weighted by atomic mass is 32.1. The molecule has 6 nitrogen and oxygen atoms in total. The summed E-state index contributed by atoms with van der Waals surface area (Å²) >= 11 is 1.46. The van der Waals surface area contributed by atoms with Crippen LogP contribution in [0.1, 0.15) is 53.1 Å². The first-order valence-corrected chi connectivity index (χ1v) is 11.0. The van der Waals surface area contributed by atoms with Crippen molar-refractivity contribution in [3.8, 4) is 11.5 Å². The third kappa shape index (κ3) is 5.02. The van der Waals surface area contributed by atoms with E-state index < -0.39 is 5.91 Å². The van der Waals surface area contributed by atoms with E-state index in [1.165, 1.54) is 17.4 Å². The Bertz CT molecular complexity index is 964. The molecule has 2 aromatic rings. The van der Waals surface area contributed by atoms with Gasteiger partial charge in [-0.3, -0.25) is 9.59 Å². The van der Waals surface area contributed by atoms with Crippen molar-refractivity contribution in [1.29, 1.82) is 0 Å². The van der Waals surface area contributed by atoms with Gasteiger partial charge in [-0.15, -0.1) is 11.3 Å². The highest BCUT2D eigenvalue weighted by molar-refractivity contribution is 7.17. The molecule has 1 heterocycles. The van der Waals surface area contributed by atoms with Gasteiger partial charge >= 0.3 is 0 Å². The van der Waals surface area contributed by atoms with Gasteiger partial charge in [-0.05, 0) is 60.9 Å². The fraction of sp³-hybridized carbons (Fsp3) is 0.391. The maximum atomic E-state index is 12.5. The van der Waals surface area contributed by atoms with Gasteiger partial charge in [0.1, 0.15) is 5.00 Å². The van der Waals surface area contributed by atoms with E-state index in [4.69, 9.17) is 15.2 Å². The molecule has 0 saturated carbocycles. The third-order valence-corrected chi connectivity index (χ3v) is 6.24. The fourth-order valence-electron chi connectivity index (χ4n) is 3.54. The van der Waals surface area contributed by atoms with Crippen LogP contribution in [0.3, 0.4) is 0 Å². The van der Waals surface area contributed by atoms with Crippen LogP contribution in [0.4, 0.5) is 5.00 Å². The first-order chi connectivity index (χ1) is 14.4. The quantitative estimate of drug-likeness (QED) is 0.609. The largest absolute Gasteiger partial charge is 0.493 e. The molecule has 160 valence electrons. The lowest BCUT2D eigenvalue weighted by Crippen LogP contribution is -2.18. The minimum Gasteiger partial charge on any atom is -0.493 e. The molecule has 1 aromatic heterocycles. The zero-order chi connectivity index (χ0) is 21.7. The Hall–Kier alpha value is -2.80. The Kier molecular flexibility index (Phi) is 7.15. The maximum absolute atomic E-state index is 12.5. The summed E-state index contributed by atoms with van der Waals surface area (Å²) in [5, 5.41) is 3.38. The number of benzene rings is 1. The van der Waals surface area contributed by atoms with Gasteiger partial charge < -0.3 is 20.5 Å². The first kappa shape index (κ1) is 21.9. The van der Waals surface area contributed by atoms with Crippen LogP contribution in [-0.2, 0) is 17.6 Å². The average molecular weight is 429 g/mol. The molecule has 3 rings (SSSR count). The highest BCUT2D eigenvalue weighted by Crippen LogP contribution is 2.39. The molecule has 1 aromatic carbocycles. The van der Waals surface area contributed by atoms with Crippen molar-refractivity contribution in [2.75, 3.05) is 19.0 Å². The number of fused-ring (bicyclic) bond motifs is 1. The number of carbonyl (C=O) groups is 2. The molecule has 0 radical (unpaired) electrons. The van der Waals surface area contributed by atoms with E-state index in [1.807, 2.05) is 25.1 Å². The highest BCUT2D eigenvalue weighted by Gasteiger charge is 2.26. The lowest BCUT2D eigenvalue weighted by atomic mass is 9.88. The molecule has 0 fully saturated rings. The van der Waals surface area contributed by atoms with E-state index in [0.29, 0.717) is 34.6 Å². The Morgan fingerprint density at radius 2 is 2.13 bits per heavy atom. The number of methoxy groups -OCH3 is 1. The molecule has 0 spiro atoms. The first-order valence-electron chi connectivity index (χ1n) is 10.2. The summed E-state index contributed by atoms with van der Waals surface area (Å²) in [5.74, 6) is 1.05. The van der Waals surface area contributed by atoms with Gasteiger partial charge in [0.05, 0.1) is 19.3 Å². The van der Waals surface area contributed by atoms with Gasteiger partial charge in [0.15, 0.2) is 11.5 Å². The summed E-state index contributed by atoms with van der Waals surface area (Å²) in [6, 6.07) is 5.50. The molecule has 0 saturated heterocycles. The van der Waals surface area contributed by atoms with E-state index in [9.17, 15) is 9.59 Å². The molecule has 1 aliphatic rings. The standard InChI is InChI=1S/C23H28N2O4S/c1-4-11-29-17-9-6-15(13-18(17)28-3)7-10-20(26)25-23-21(22(24)27)16-8-5-14(2)12-19(16)30-23/h6-7,9-10,13-14H,4-5,8,11-12H2,1-3H3,(H2,24,27)(H,25,26)/b10-7-/t14-/m1/s1. The number of anilines is 1. The number of hydrogen-bond acceptors (Lipinski definition) is 5. The van der Waals surface area contributed by atoms with Gasteiger partial charge in [0.25, 0.3) is 5.91 Å².